The number of amides is 1. The lowest BCUT2D eigenvalue weighted by Crippen LogP contribution is -2.40. The Hall–Kier alpha value is -2.96. The van der Waals surface area contributed by atoms with Gasteiger partial charge in [-0.3, -0.25) is 4.79 Å². The number of nitrogens with one attached hydrogen (secondary N) is 1. The van der Waals surface area contributed by atoms with Gasteiger partial charge < -0.3 is 24.3 Å². The summed E-state index contributed by atoms with van der Waals surface area (Å²) in [4.78, 5) is 24.3. The van der Waals surface area contributed by atoms with Crippen molar-refractivity contribution in [2.75, 3.05) is 27.9 Å². The summed E-state index contributed by atoms with van der Waals surface area (Å²) in [5, 5.41) is 2.94. The van der Waals surface area contributed by atoms with Crippen LogP contribution in [-0.4, -0.2) is 39.8 Å². The average Bonchev–Trinajstić information content (AvgIpc) is 2.94. The van der Waals surface area contributed by atoms with Crippen molar-refractivity contribution in [3.8, 4) is 17.2 Å². The predicted octanol–water partition coefficient (Wildman–Crippen LogP) is 2.49. The van der Waals surface area contributed by atoms with Crippen LogP contribution in [0, 0.1) is 0 Å². The summed E-state index contributed by atoms with van der Waals surface area (Å²) in [5.74, 6) is 0.544. The maximum absolute atomic E-state index is 12.2. The average molecular weight is 375 g/mol. The van der Waals surface area contributed by atoms with Crippen LogP contribution in [0.15, 0.2) is 36.4 Å². The molecule has 7 nitrogen and oxygen atoms in total. The van der Waals surface area contributed by atoms with Crippen molar-refractivity contribution in [2.45, 2.75) is 25.3 Å². The summed E-state index contributed by atoms with van der Waals surface area (Å²) >= 11 is 0. The van der Waals surface area contributed by atoms with Crippen LogP contribution >= 0.6 is 0 Å². The molecule has 0 aliphatic carbocycles. The lowest BCUT2D eigenvalue weighted by molar-refractivity contribution is -0.139. The van der Waals surface area contributed by atoms with Crippen LogP contribution < -0.4 is 19.5 Å². The number of carbonyl (C=O) groups excluding carboxylic acids is 2. The zero-order valence-electron chi connectivity index (χ0n) is 16.1. The summed E-state index contributed by atoms with van der Waals surface area (Å²) in [6.07, 6.45) is 0.470. The molecule has 1 unspecified atom stereocenters. The normalized spacial score (nSPS) is 18.7. The highest BCUT2D eigenvalue weighted by atomic mass is 16.5. The van der Waals surface area contributed by atoms with E-state index in [2.05, 4.69) is 18.5 Å². The molecular weight excluding hydrogens is 350 g/mol. The maximum Gasteiger partial charge on any atom is 0.333 e. The topological polar surface area (TPSA) is 83.1 Å². The first kappa shape index (κ1) is 20.4. The van der Waals surface area contributed by atoms with Crippen molar-refractivity contribution >= 4 is 11.9 Å². The van der Waals surface area contributed by atoms with Crippen LogP contribution in [0.5, 0.6) is 17.2 Å². The summed E-state index contributed by atoms with van der Waals surface area (Å²) in [7, 11) is 4.53. The number of esters is 1. The van der Waals surface area contributed by atoms with E-state index in [4.69, 9.17) is 18.9 Å². The van der Waals surface area contributed by atoms with Crippen LogP contribution in [0.25, 0.3) is 0 Å². The minimum Gasteiger partial charge on any atom is -0.493 e. The molecule has 1 aromatic carbocycles. The van der Waals surface area contributed by atoms with Gasteiger partial charge in [-0.2, -0.15) is 0 Å². The second kappa shape index (κ2) is 8.16. The summed E-state index contributed by atoms with van der Waals surface area (Å²) in [5.41, 5.74) is 0.445. The van der Waals surface area contributed by atoms with Crippen molar-refractivity contribution < 1.29 is 28.5 Å². The highest BCUT2D eigenvalue weighted by molar-refractivity contribution is 5.97. The van der Waals surface area contributed by atoms with Gasteiger partial charge in [0.15, 0.2) is 11.5 Å². The lowest BCUT2D eigenvalue weighted by atomic mass is 9.81. The van der Waals surface area contributed by atoms with Gasteiger partial charge in [-0.15, -0.1) is 0 Å². The van der Waals surface area contributed by atoms with E-state index < -0.39 is 11.5 Å². The Morgan fingerprint density at radius 2 is 1.78 bits per heavy atom. The van der Waals surface area contributed by atoms with Crippen molar-refractivity contribution in [3.63, 3.8) is 0 Å². The Bertz CT molecular complexity index is 742. The van der Waals surface area contributed by atoms with E-state index in [0.29, 0.717) is 34.8 Å². The van der Waals surface area contributed by atoms with Gasteiger partial charge in [0.05, 0.1) is 33.5 Å². The monoisotopic (exact) mass is 375 g/mol. The van der Waals surface area contributed by atoms with E-state index in [-0.39, 0.29) is 24.5 Å². The van der Waals surface area contributed by atoms with Gasteiger partial charge in [0, 0.05) is 24.0 Å². The molecule has 1 N–H and O–H groups in total. The quantitative estimate of drug-likeness (QED) is 0.555. The molecule has 0 bridgehead atoms. The second-order valence-corrected chi connectivity index (χ2v) is 6.23. The molecule has 7 heteroatoms. The Labute approximate surface area is 158 Å². The molecule has 0 spiro atoms. The molecule has 0 aromatic heterocycles. The summed E-state index contributed by atoms with van der Waals surface area (Å²) in [6.45, 7) is 9.62. The fraction of sp³-hybridized carbons (Fsp3) is 0.400. The molecule has 1 aromatic rings. The van der Waals surface area contributed by atoms with Gasteiger partial charge >= 0.3 is 5.97 Å². The van der Waals surface area contributed by atoms with Gasteiger partial charge in [-0.05, 0) is 24.6 Å². The highest BCUT2D eigenvalue weighted by Gasteiger charge is 2.43. The van der Waals surface area contributed by atoms with Crippen molar-refractivity contribution in [2.24, 2.45) is 0 Å². The standard InChI is InChI=1S/C20H25NO6/c1-7-27-19(23)13(3)11-20(10-12(2)18(22)21-20)14-8-15(24-4)17(26-6)16(9-14)25-5/h8-9H,2-3,7,10-11H2,1,4-6H3,(H,21,22). The van der Waals surface area contributed by atoms with Gasteiger partial charge in [0.1, 0.15) is 0 Å². The smallest absolute Gasteiger partial charge is 0.333 e. The number of methoxy groups -OCH3 is 3. The number of rotatable bonds is 8. The second-order valence-electron chi connectivity index (χ2n) is 6.23. The third kappa shape index (κ3) is 3.92. The lowest BCUT2D eigenvalue weighted by Gasteiger charge is -2.31. The molecule has 1 heterocycles. The Morgan fingerprint density at radius 1 is 1.19 bits per heavy atom. The maximum atomic E-state index is 12.2. The fourth-order valence-corrected chi connectivity index (χ4v) is 3.20. The van der Waals surface area contributed by atoms with Crippen LogP contribution in [0.4, 0.5) is 0 Å². The molecule has 27 heavy (non-hydrogen) atoms. The zero-order chi connectivity index (χ0) is 20.2. The van der Waals surface area contributed by atoms with Crippen LogP contribution in [0.1, 0.15) is 25.3 Å². The molecule has 146 valence electrons. The van der Waals surface area contributed by atoms with E-state index in [1.807, 2.05) is 0 Å². The Kier molecular flexibility index (Phi) is 6.15. The summed E-state index contributed by atoms with van der Waals surface area (Å²) < 4.78 is 21.2. The third-order valence-corrected chi connectivity index (χ3v) is 4.49. The minimum atomic E-state index is -0.912. The van der Waals surface area contributed by atoms with Crippen molar-refractivity contribution in [1.82, 2.24) is 5.32 Å². The number of benzene rings is 1. The minimum absolute atomic E-state index is 0.162. The predicted molar refractivity (Wildman–Crippen MR) is 100 cm³/mol. The summed E-state index contributed by atoms with van der Waals surface area (Å²) in [6, 6.07) is 3.50. The molecule has 1 atom stereocenters. The van der Waals surface area contributed by atoms with Crippen molar-refractivity contribution in [3.05, 3.63) is 42.0 Å². The number of hydrogen-bond acceptors (Lipinski definition) is 6. The molecule has 0 saturated carbocycles. The van der Waals surface area contributed by atoms with E-state index in [1.54, 1.807) is 19.1 Å². The molecule has 1 fully saturated rings. The molecule has 0 radical (unpaired) electrons. The third-order valence-electron chi connectivity index (χ3n) is 4.49. The molecule has 1 aliphatic heterocycles. The molecule has 2 rings (SSSR count). The van der Waals surface area contributed by atoms with Gasteiger partial charge in [0.2, 0.25) is 11.7 Å². The highest BCUT2D eigenvalue weighted by Crippen LogP contribution is 2.46. The first-order valence-electron chi connectivity index (χ1n) is 8.47. The molecular formula is C20H25NO6. The fourth-order valence-electron chi connectivity index (χ4n) is 3.20. The Morgan fingerprint density at radius 3 is 2.19 bits per heavy atom. The van der Waals surface area contributed by atoms with E-state index in [1.165, 1.54) is 21.3 Å². The van der Waals surface area contributed by atoms with Crippen molar-refractivity contribution in [1.29, 1.82) is 0 Å². The van der Waals surface area contributed by atoms with Crippen LogP contribution in [-0.2, 0) is 19.9 Å². The van der Waals surface area contributed by atoms with Gasteiger partial charge in [0.25, 0.3) is 0 Å². The SMILES string of the molecule is C=C1CC(CC(=C)C(=O)OCC)(c2cc(OC)c(OC)c(OC)c2)NC1=O. The zero-order valence-corrected chi connectivity index (χ0v) is 16.1. The van der Waals surface area contributed by atoms with Gasteiger partial charge in [-0.1, -0.05) is 13.2 Å². The Balaban J connectivity index is 2.55. The van der Waals surface area contributed by atoms with Crippen LogP contribution in [0.2, 0.25) is 0 Å². The van der Waals surface area contributed by atoms with Crippen LogP contribution in [0.3, 0.4) is 0 Å². The first-order valence-corrected chi connectivity index (χ1v) is 8.47. The molecule has 1 aliphatic rings. The molecule has 1 amide bonds. The number of ether oxygens (including phenoxy) is 4. The van der Waals surface area contributed by atoms with Gasteiger partial charge in [-0.25, -0.2) is 4.79 Å². The number of hydrogen-bond donors (Lipinski definition) is 1. The molecule has 1 saturated heterocycles. The van der Waals surface area contributed by atoms with E-state index in [9.17, 15) is 9.59 Å². The largest absolute Gasteiger partial charge is 0.493 e. The van der Waals surface area contributed by atoms with E-state index >= 15 is 0 Å². The van der Waals surface area contributed by atoms with E-state index in [0.717, 1.165) is 0 Å². The first-order chi connectivity index (χ1) is 12.8. The number of carbonyl (C=O) groups is 2.